The van der Waals surface area contributed by atoms with E-state index in [1.807, 2.05) is 35.2 Å². The van der Waals surface area contributed by atoms with E-state index < -0.39 is 0 Å². The van der Waals surface area contributed by atoms with Crippen LogP contribution in [0.2, 0.25) is 0 Å². The van der Waals surface area contributed by atoms with Crippen molar-refractivity contribution < 1.29 is 4.79 Å². The first kappa shape index (κ1) is 19.1. The summed E-state index contributed by atoms with van der Waals surface area (Å²) in [6, 6.07) is 22.6. The van der Waals surface area contributed by atoms with Crippen molar-refractivity contribution in [3.8, 4) is 0 Å². The highest BCUT2D eigenvalue weighted by Crippen LogP contribution is 2.21. The van der Waals surface area contributed by atoms with E-state index in [-0.39, 0.29) is 11.9 Å². The second kappa shape index (κ2) is 8.43. The van der Waals surface area contributed by atoms with E-state index in [9.17, 15) is 4.79 Å². The number of hydrogen-bond donors (Lipinski definition) is 0. The smallest absolute Gasteiger partial charge is 0.274 e. The van der Waals surface area contributed by atoms with Crippen LogP contribution in [0.15, 0.2) is 66.7 Å². The van der Waals surface area contributed by atoms with Gasteiger partial charge in [0.05, 0.1) is 0 Å². The highest BCUT2D eigenvalue weighted by atomic mass is 16.2. The summed E-state index contributed by atoms with van der Waals surface area (Å²) in [6.45, 7) is 6.36. The summed E-state index contributed by atoms with van der Waals surface area (Å²) in [5.74, 6) is 0.724. The third kappa shape index (κ3) is 4.29. The van der Waals surface area contributed by atoms with Gasteiger partial charge >= 0.3 is 0 Å². The van der Waals surface area contributed by atoms with E-state index in [0.29, 0.717) is 18.8 Å². The van der Waals surface area contributed by atoms with Gasteiger partial charge < -0.3 is 9.80 Å². The molecule has 0 atom stereocenters. The summed E-state index contributed by atoms with van der Waals surface area (Å²) in [4.78, 5) is 17.0. The molecule has 2 aromatic carbocycles. The molecule has 1 amide bonds. The fourth-order valence-electron chi connectivity index (χ4n) is 3.73. The van der Waals surface area contributed by atoms with E-state index in [1.54, 1.807) is 6.07 Å². The number of benzene rings is 2. The standard InChI is InChI=1S/C24H26N4O/c1-18(2)28(16-19-8-4-3-5-9-19)23-13-12-22(25-26-23)24(29)27-15-14-20-10-6-7-11-21(20)17-27/h3-13,18H,14-17H2,1-2H3. The minimum atomic E-state index is -0.0577. The summed E-state index contributed by atoms with van der Waals surface area (Å²) < 4.78 is 0. The minimum absolute atomic E-state index is 0.0577. The zero-order valence-corrected chi connectivity index (χ0v) is 17.0. The second-order valence-electron chi connectivity index (χ2n) is 7.73. The normalized spacial score (nSPS) is 13.3. The maximum atomic E-state index is 12.9. The number of amides is 1. The van der Waals surface area contributed by atoms with Gasteiger partial charge in [0.15, 0.2) is 11.5 Å². The number of hydrogen-bond acceptors (Lipinski definition) is 4. The van der Waals surface area contributed by atoms with Crippen LogP contribution in [-0.2, 0) is 19.5 Å². The maximum absolute atomic E-state index is 12.9. The van der Waals surface area contributed by atoms with Crippen LogP contribution >= 0.6 is 0 Å². The Bertz CT molecular complexity index is 970. The van der Waals surface area contributed by atoms with Crippen molar-refractivity contribution in [3.63, 3.8) is 0 Å². The minimum Gasteiger partial charge on any atom is -0.348 e. The van der Waals surface area contributed by atoms with Gasteiger partial charge in [0.25, 0.3) is 5.91 Å². The zero-order valence-electron chi connectivity index (χ0n) is 17.0. The van der Waals surface area contributed by atoms with Crippen LogP contribution in [0.3, 0.4) is 0 Å². The van der Waals surface area contributed by atoms with Crippen molar-refractivity contribution >= 4 is 11.7 Å². The molecule has 1 aromatic heterocycles. The van der Waals surface area contributed by atoms with Gasteiger partial charge in [-0.1, -0.05) is 54.6 Å². The molecular formula is C24H26N4O. The molecule has 4 rings (SSSR count). The molecule has 0 N–H and O–H groups in total. The quantitative estimate of drug-likeness (QED) is 0.663. The molecule has 0 bridgehead atoms. The van der Waals surface area contributed by atoms with Gasteiger partial charge in [0.2, 0.25) is 0 Å². The lowest BCUT2D eigenvalue weighted by molar-refractivity contribution is 0.0727. The third-order valence-corrected chi connectivity index (χ3v) is 5.40. The Balaban J connectivity index is 1.49. The van der Waals surface area contributed by atoms with E-state index in [2.05, 4.69) is 59.3 Å². The summed E-state index contributed by atoms with van der Waals surface area (Å²) in [5, 5.41) is 8.66. The highest BCUT2D eigenvalue weighted by Gasteiger charge is 2.23. The third-order valence-electron chi connectivity index (χ3n) is 5.40. The average molecular weight is 386 g/mol. The number of aromatic nitrogens is 2. The summed E-state index contributed by atoms with van der Waals surface area (Å²) in [6.07, 6.45) is 0.881. The molecular weight excluding hydrogens is 360 g/mol. The van der Waals surface area contributed by atoms with E-state index in [4.69, 9.17) is 0 Å². The van der Waals surface area contributed by atoms with E-state index in [0.717, 1.165) is 18.8 Å². The Labute approximate surface area is 172 Å². The summed E-state index contributed by atoms with van der Waals surface area (Å²) in [5.41, 5.74) is 4.16. The van der Waals surface area contributed by atoms with Gasteiger partial charge in [-0.05, 0) is 49.1 Å². The maximum Gasteiger partial charge on any atom is 0.274 e. The van der Waals surface area contributed by atoms with Crippen LogP contribution in [0.4, 0.5) is 5.82 Å². The molecule has 0 radical (unpaired) electrons. The van der Waals surface area contributed by atoms with Crippen molar-refractivity contribution in [2.75, 3.05) is 11.4 Å². The molecule has 0 saturated heterocycles. The fraction of sp³-hybridized carbons (Fsp3) is 0.292. The van der Waals surface area contributed by atoms with Crippen molar-refractivity contribution in [1.29, 1.82) is 0 Å². The zero-order chi connectivity index (χ0) is 20.2. The van der Waals surface area contributed by atoms with Crippen molar-refractivity contribution in [2.24, 2.45) is 0 Å². The molecule has 29 heavy (non-hydrogen) atoms. The molecule has 5 heteroatoms. The lowest BCUT2D eigenvalue weighted by Crippen LogP contribution is -2.36. The van der Waals surface area contributed by atoms with Gasteiger partial charge in [-0.15, -0.1) is 10.2 Å². The Morgan fingerprint density at radius 3 is 2.38 bits per heavy atom. The SMILES string of the molecule is CC(C)N(Cc1ccccc1)c1ccc(C(=O)N2CCc3ccccc3C2)nn1. The molecule has 3 aromatic rings. The molecule has 0 spiro atoms. The Morgan fingerprint density at radius 2 is 1.69 bits per heavy atom. The van der Waals surface area contributed by atoms with Gasteiger partial charge in [-0.25, -0.2) is 0 Å². The molecule has 0 aliphatic carbocycles. The van der Waals surface area contributed by atoms with Crippen LogP contribution in [0.25, 0.3) is 0 Å². The van der Waals surface area contributed by atoms with Crippen molar-refractivity contribution in [1.82, 2.24) is 15.1 Å². The van der Waals surface area contributed by atoms with Crippen molar-refractivity contribution in [3.05, 3.63) is 89.1 Å². The lowest BCUT2D eigenvalue weighted by Gasteiger charge is -2.29. The molecule has 2 heterocycles. The number of fused-ring (bicyclic) bond motifs is 1. The number of carbonyl (C=O) groups excluding carboxylic acids is 1. The van der Waals surface area contributed by atoms with Crippen LogP contribution in [0, 0.1) is 0 Å². The molecule has 5 nitrogen and oxygen atoms in total. The van der Waals surface area contributed by atoms with Crippen LogP contribution in [0.1, 0.15) is 41.0 Å². The number of rotatable bonds is 5. The van der Waals surface area contributed by atoms with Gasteiger partial charge in [0, 0.05) is 25.7 Å². The van der Waals surface area contributed by atoms with E-state index in [1.165, 1.54) is 16.7 Å². The monoisotopic (exact) mass is 386 g/mol. The molecule has 0 saturated carbocycles. The van der Waals surface area contributed by atoms with Crippen LogP contribution in [-0.4, -0.2) is 33.6 Å². The Kier molecular flexibility index (Phi) is 5.56. The number of carbonyl (C=O) groups is 1. The summed E-state index contributed by atoms with van der Waals surface area (Å²) in [7, 11) is 0. The Morgan fingerprint density at radius 1 is 0.966 bits per heavy atom. The molecule has 148 valence electrons. The largest absolute Gasteiger partial charge is 0.348 e. The van der Waals surface area contributed by atoms with Gasteiger partial charge in [-0.3, -0.25) is 4.79 Å². The van der Waals surface area contributed by atoms with E-state index >= 15 is 0 Å². The van der Waals surface area contributed by atoms with Gasteiger partial charge in [-0.2, -0.15) is 0 Å². The van der Waals surface area contributed by atoms with Crippen molar-refractivity contribution in [2.45, 2.75) is 39.4 Å². The summed E-state index contributed by atoms with van der Waals surface area (Å²) >= 11 is 0. The number of anilines is 1. The Hall–Kier alpha value is -3.21. The number of nitrogens with zero attached hydrogens (tertiary/aromatic N) is 4. The first-order valence-electron chi connectivity index (χ1n) is 10.1. The molecule has 0 unspecified atom stereocenters. The fourth-order valence-corrected chi connectivity index (χ4v) is 3.73. The first-order valence-corrected chi connectivity index (χ1v) is 10.1. The predicted molar refractivity (Wildman–Crippen MR) is 115 cm³/mol. The lowest BCUT2D eigenvalue weighted by atomic mass is 10.00. The topological polar surface area (TPSA) is 49.3 Å². The van der Waals surface area contributed by atoms with Crippen LogP contribution < -0.4 is 4.90 Å². The average Bonchev–Trinajstić information content (AvgIpc) is 2.77. The highest BCUT2D eigenvalue weighted by molar-refractivity contribution is 5.92. The predicted octanol–water partition coefficient (Wildman–Crippen LogP) is 4.09. The molecule has 1 aliphatic rings. The second-order valence-corrected chi connectivity index (χ2v) is 7.73. The van der Waals surface area contributed by atoms with Gasteiger partial charge in [0.1, 0.15) is 0 Å². The van der Waals surface area contributed by atoms with Crippen LogP contribution in [0.5, 0.6) is 0 Å². The molecule has 1 aliphatic heterocycles. The first-order chi connectivity index (χ1) is 14.1. The molecule has 0 fully saturated rings.